The topological polar surface area (TPSA) is 111 Å². The average molecular weight is 548 g/mol. The molecule has 1 fully saturated rings. The summed E-state index contributed by atoms with van der Waals surface area (Å²) in [4.78, 5) is 34.7. The maximum atomic E-state index is 12.5. The smallest absolute Gasteiger partial charge is 0.242 e. The Morgan fingerprint density at radius 2 is 1.77 bits per heavy atom. The van der Waals surface area contributed by atoms with E-state index in [1.807, 2.05) is 42.7 Å². The van der Waals surface area contributed by atoms with E-state index in [0.29, 0.717) is 37.1 Å². The summed E-state index contributed by atoms with van der Waals surface area (Å²) in [5, 5.41) is 12.2. The van der Waals surface area contributed by atoms with E-state index in [1.165, 1.54) is 24.7 Å². The molecule has 1 saturated heterocycles. The van der Waals surface area contributed by atoms with Crippen molar-refractivity contribution in [3.8, 4) is 0 Å². The van der Waals surface area contributed by atoms with E-state index in [-0.39, 0.29) is 5.91 Å². The third-order valence-corrected chi connectivity index (χ3v) is 7.45. The van der Waals surface area contributed by atoms with Crippen LogP contribution >= 0.6 is 11.8 Å². The van der Waals surface area contributed by atoms with Crippen molar-refractivity contribution in [2.45, 2.75) is 51.4 Å². The third-order valence-electron chi connectivity index (χ3n) is 6.81. The SMILES string of the molecule is CSCC[C@H](NC=O)C(=O)NCc1cccc(Nc2cc(Nc3cccc(CN4CCC[C@H]4C)c3)ncn2)c1. The van der Waals surface area contributed by atoms with Gasteiger partial charge in [0.05, 0.1) is 0 Å². The van der Waals surface area contributed by atoms with Crippen LogP contribution in [-0.2, 0) is 22.7 Å². The molecule has 39 heavy (non-hydrogen) atoms. The van der Waals surface area contributed by atoms with Gasteiger partial charge in [-0.05, 0) is 80.1 Å². The molecule has 0 radical (unpaired) electrons. The van der Waals surface area contributed by atoms with Crippen LogP contribution in [0.25, 0.3) is 0 Å². The zero-order valence-corrected chi connectivity index (χ0v) is 23.3. The molecule has 4 rings (SSSR count). The summed E-state index contributed by atoms with van der Waals surface area (Å²) in [6.07, 6.45) is 7.19. The number of nitrogens with zero attached hydrogens (tertiary/aromatic N) is 3. The highest BCUT2D eigenvalue weighted by atomic mass is 32.2. The van der Waals surface area contributed by atoms with Crippen LogP contribution in [0.1, 0.15) is 37.3 Å². The Hall–Kier alpha value is -3.63. The van der Waals surface area contributed by atoms with Crippen LogP contribution in [0.15, 0.2) is 60.9 Å². The van der Waals surface area contributed by atoms with Crippen LogP contribution in [0.5, 0.6) is 0 Å². The molecule has 10 heteroatoms. The Kier molecular flexibility index (Phi) is 10.6. The molecule has 1 aromatic heterocycles. The van der Waals surface area contributed by atoms with Gasteiger partial charge in [-0.1, -0.05) is 24.3 Å². The maximum Gasteiger partial charge on any atom is 0.242 e. The van der Waals surface area contributed by atoms with Gasteiger partial charge in [-0.15, -0.1) is 0 Å². The molecule has 0 spiro atoms. The highest BCUT2D eigenvalue weighted by Gasteiger charge is 2.20. The van der Waals surface area contributed by atoms with Crippen molar-refractivity contribution in [1.82, 2.24) is 25.5 Å². The van der Waals surface area contributed by atoms with Gasteiger partial charge in [0.1, 0.15) is 24.0 Å². The monoisotopic (exact) mass is 547 g/mol. The standard InChI is InChI=1S/C29H37N7O2S/c1-21-6-5-12-36(21)18-23-8-4-10-25(15-23)35-28-16-27(31-19-32-28)34-24-9-3-7-22(14-24)17-30-29(38)26(33-20-37)11-13-39-2/h3-4,7-10,14-16,19-21,26H,5-6,11-13,17-18H2,1-2H3,(H,30,38)(H,33,37)(H2,31,32,34,35)/t21-,26+/m1/s1. The molecule has 2 atom stereocenters. The average Bonchev–Trinajstić information content (AvgIpc) is 3.34. The second kappa shape index (κ2) is 14.5. The fourth-order valence-electron chi connectivity index (χ4n) is 4.68. The molecule has 0 bridgehead atoms. The van der Waals surface area contributed by atoms with E-state index in [4.69, 9.17) is 0 Å². The number of rotatable bonds is 14. The lowest BCUT2D eigenvalue weighted by atomic mass is 10.1. The summed E-state index contributed by atoms with van der Waals surface area (Å²) in [5.74, 6) is 1.95. The first-order valence-electron chi connectivity index (χ1n) is 13.3. The van der Waals surface area contributed by atoms with E-state index >= 15 is 0 Å². The Bertz CT molecular complexity index is 1240. The van der Waals surface area contributed by atoms with Crippen LogP contribution in [-0.4, -0.2) is 57.8 Å². The number of aromatic nitrogens is 2. The fraction of sp³-hybridized carbons (Fsp3) is 0.379. The number of carbonyl (C=O) groups excluding carboxylic acids is 2. The first kappa shape index (κ1) is 28.4. The summed E-state index contributed by atoms with van der Waals surface area (Å²) < 4.78 is 0. The molecule has 2 amide bonds. The summed E-state index contributed by atoms with van der Waals surface area (Å²) in [7, 11) is 0. The van der Waals surface area contributed by atoms with Gasteiger partial charge in [-0.3, -0.25) is 14.5 Å². The number of hydrogen-bond acceptors (Lipinski definition) is 8. The quantitative estimate of drug-likeness (QED) is 0.219. The maximum absolute atomic E-state index is 12.5. The van der Waals surface area contributed by atoms with Crippen LogP contribution in [0.3, 0.4) is 0 Å². The van der Waals surface area contributed by atoms with Crippen molar-refractivity contribution < 1.29 is 9.59 Å². The van der Waals surface area contributed by atoms with Gasteiger partial charge >= 0.3 is 0 Å². The van der Waals surface area contributed by atoms with Gasteiger partial charge in [0.2, 0.25) is 12.3 Å². The lowest BCUT2D eigenvalue weighted by molar-refractivity contribution is -0.125. The summed E-state index contributed by atoms with van der Waals surface area (Å²) in [6.45, 7) is 4.76. The van der Waals surface area contributed by atoms with Gasteiger partial charge in [-0.25, -0.2) is 9.97 Å². The Morgan fingerprint density at radius 3 is 2.41 bits per heavy atom. The number of amides is 2. The van der Waals surface area contributed by atoms with Gasteiger partial charge < -0.3 is 21.3 Å². The van der Waals surface area contributed by atoms with Crippen molar-refractivity contribution in [3.05, 3.63) is 72.1 Å². The first-order chi connectivity index (χ1) is 19.0. The zero-order chi connectivity index (χ0) is 27.5. The van der Waals surface area contributed by atoms with Crippen LogP contribution in [0.2, 0.25) is 0 Å². The molecule has 206 valence electrons. The third kappa shape index (κ3) is 8.69. The second-order valence-corrected chi connectivity index (χ2v) is 10.7. The predicted octanol–water partition coefficient (Wildman–Crippen LogP) is 4.43. The molecular weight excluding hydrogens is 510 g/mol. The number of nitrogens with one attached hydrogen (secondary N) is 4. The molecule has 0 aliphatic carbocycles. The summed E-state index contributed by atoms with van der Waals surface area (Å²) >= 11 is 1.64. The zero-order valence-electron chi connectivity index (χ0n) is 22.5. The van der Waals surface area contributed by atoms with E-state index < -0.39 is 6.04 Å². The van der Waals surface area contributed by atoms with Gasteiger partial charge in [0, 0.05) is 36.6 Å². The number of anilines is 4. The Labute approximate surface area is 234 Å². The molecule has 3 aromatic rings. The van der Waals surface area contributed by atoms with Gasteiger partial charge in [0.25, 0.3) is 0 Å². The Morgan fingerprint density at radius 1 is 1.08 bits per heavy atom. The number of likely N-dealkylation sites (tertiary alicyclic amines) is 1. The van der Waals surface area contributed by atoms with Crippen LogP contribution in [0, 0.1) is 0 Å². The minimum absolute atomic E-state index is 0.194. The predicted molar refractivity (Wildman–Crippen MR) is 158 cm³/mol. The van der Waals surface area contributed by atoms with Crippen molar-refractivity contribution in [1.29, 1.82) is 0 Å². The van der Waals surface area contributed by atoms with Crippen LogP contribution < -0.4 is 21.3 Å². The number of carbonyl (C=O) groups is 2. The summed E-state index contributed by atoms with van der Waals surface area (Å²) in [5.41, 5.74) is 4.04. The molecule has 1 aliphatic rings. The number of thioether (sulfide) groups is 1. The van der Waals surface area contributed by atoms with Crippen molar-refractivity contribution in [2.24, 2.45) is 0 Å². The number of hydrogen-bond donors (Lipinski definition) is 4. The molecule has 2 aromatic carbocycles. The molecule has 0 unspecified atom stereocenters. The number of benzene rings is 2. The summed E-state index contributed by atoms with van der Waals surface area (Å²) in [6, 6.07) is 18.2. The molecular formula is C29H37N7O2S. The lowest BCUT2D eigenvalue weighted by Crippen LogP contribution is -2.43. The van der Waals surface area contributed by atoms with Crippen molar-refractivity contribution in [2.75, 3.05) is 29.2 Å². The Balaban J connectivity index is 1.34. The largest absolute Gasteiger partial charge is 0.350 e. The van der Waals surface area contributed by atoms with E-state index in [1.54, 1.807) is 11.8 Å². The van der Waals surface area contributed by atoms with E-state index in [0.717, 1.165) is 35.8 Å². The molecule has 9 nitrogen and oxygen atoms in total. The van der Waals surface area contributed by atoms with Gasteiger partial charge in [0.15, 0.2) is 0 Å². The second-order valence-electron chi connectivity index (χ2n) is 9.74. The highest BCUT2D eigenvalue weighted by molar-refractivity contribution is 7.98. The lowest BCUT2D eigenvalue weighted by Gasteiger charge is -2.21. The first-order valence-corrected chi connectivity index (χ1v) is 14.7. The molecule has 2 heterocycles. The molecule has 1 aliphatic heterocycles. The minimum atomic E-state index is -0.535. The minimum Gasteiger partial charge on any atom is -0.350 e. The normalized spacial score (nSPS) is 15.9. The highest BCUT2D eigenvalue weighted by Crippen LogP contribution is 2.23. The molecule has 0 saturated carbocycles. The fourth-order valence-corrected chi connectivity index (χ4v) is 5.15. The van der Waals surface area contributed by atoms with E-state index in [2.05, 4.69) is 61.3 Å². The van der Waals surface area contributed by atoms with Crippen molar-refractivity contribution >= 4 is 47.1 Å². The van der Waals surface area contributed by atoms with Gasteiger partial charge in [-0.2, -0.15) is 11.8 Å². The van der Waals surface area contributed by atoms with E-state index in [9.17, 15) is 9.59 Å². The molecule has 4 N–H and O–H groups in total. The van der Waals surface area contributed by atoms with Crippen molar-refractivity contribution in [3.63, 3.8) is 0 Å². The van der Waals surface area contributed by atoms with Crippen LogP contribution in [0.4, 0.5) is 23.0 Å².